The lowest BCUT2D eigenvalue weighted by Gasteiger charge is -2.02. The number of carbonyl (C=O) groups excluding carboxylic acids is 1. The molecule has 2 atom stereocenters. The average Bonchev–Trinajstić information content (AvgIpc) is 2.97. The van der Waals surface area contributed by atoms with Crippen LogP contribution in [-0.2, 0) is 4.79 Å². The summed E-state index contributed by atoms with van der Waals surface area (Å²) in [6.07, 6.45) is 2.04. The fourth-order valence-corrected chi connectivity index (χ4v) is 1.62. The standard InChI is InChI=1S/C11H12O2/c1-13-10-4-2-3-8(5-10)11-6-9(11)7-12/h2-5,7,9,11H,6H2,1H3/t9-,11+/m0/s1. The zero-order chi connectivity index (χ0) is 9.26. The zero-order valence-corrected chi connectivity index (χ0v) is 7.57. The third-order valence-electron chi connectivity index (χ3n) is 2.54. The van der Waals surface area contributed by atoms with Gasteiger partial charge in [0.2, 0.25) is 0 Å². The van der Waals surface area contributed by atoms with Gasteiger partial charge in [-0.2, -0.15) is 0 Å². The van der Waals surface area contributed by atoms with Gasteiger partial charge in [0, 0.05) is 5.92 Å². The number of aldehydes is 1. The summed E-state index contributed by atoms with van der Waals surface area (Å²) in [4.78, 5) is 10.5. The summed E-state index contributed by atoms with van der Waals surface area (Å²) in [6.45, 7) is 0. The maximum Gasteiger partial charge on any atom is 0.123 e. The molecular formula is C11H12O2. The van der Waals surface area contributed by atoms with Crippen molar-refractivity contribution in [2.45, 2.75) is 12.3 Å². The normalized spacial score (nSPS) is 25.3. The smallest absolute Gasteiger partial charge is 0.123 e. The van der Waals surface area contributed by atoms with Crippen LogP contribution in [0.15, 0.2) is 24.3 Å². The molecule has 0 aliphatic heterocycles. The number of carbonyl (C=O) groups is 1. The quantitative estimate of drug-likeness (QED) is 0.658. The van der Waals surface area contributed by atoms with Gasteiger partial charge in [-0.1, -0.05) is 12.1 Å². The summed E-state index contributed by atoms with van der Waals surface area (Å²) in [7, 11) is 1.66. The second-order valence-corrected chi connectivity index (χ2v) is 3.42. The van der Waals surface area contributed by atoms with Crippen molar-refractivity contribution in [2.75, 3.05) is 7.11 Å². The van der Waals surface area contributed by atoms with E-state index in [0.717, 1.165) is 18.5 Å². The van der Waals surface area contributed by atoms with Crippen molar-refractivity contribution in [2.24, 2.45) is 5.92 Å². The topological polar surface area (TPSA) is 26.3 Å². The minimum absolute atomic E-state index is 0.243. The van der Waals surface area contributed by atoms with Crippen LogP contribution in [0.25, 0.3) is 0 Å². The molecule has 0 amide bonds. The van der Waals surface area contributed by atoms with Crippen molar-refractivity contribution in [1.82, 2.24) is 0 Å². The van der Waals surface area contributed by atoms with E-state index < -0.39 is 0 Å². The first kappa shape index (κ1) is 8.30. The van der Waals surface area contributed by atoms with Crippen LogP contribution < -0.4 is 4.74 Å². The van der Waals surface area contributed by atoms with Crippen molar-refractivity contribution in [3.63, 3.8) is 0 Å². The van der Waals surface area contributed by atoms with Crippen LogP contribution >= 0.6 is 0 Å². The van der Waals surface area contributed by atoms with Crippen LogP contribution in [-0.4, -0.2) is 13.4 Å². The largest absolute Gasteiger partial charge is 0.497 e. The first-order valence-corrected chi connectivity index (χ1v) is 4.44. The molecule has 0 radical (unpaired) electrons. The average molecular weight is 176 g/mol. The van der Waals surface area contributed by atoms with Crippen LogP contribution in [0.3, 0.4) is 0 Å². The SMILES string of the molecule is COc1cccc([C@H]2C[C@H]2C=O)c1. The number of benzene rings is 1. The predicted molar refractivity (Wildman–Crippen MR) is 49.9 cm³/mol. The highest BCUT2D eigenvalue weighted by Gasteiger charge is 2.37. The number of hydrogen-bond acceptors (Lipinski definition) is 2. The molecule has 68 valence electrons. The molecule has 1 aliphatic rings. The Hall–Kier alpha value is -1.31. The molecule has 0 bridgehead atoms. The van der Waals surface area contributed by atoms with Crippen molar-refractivity contribution in [3.05, 3.63) is 29.8 Å². The molecule has 1 fully saturated rings. The fourth-order valence-electron chi connectivity index (χ4n) is 1.62. The first-order valence-electron chi connectivity index (χ1n) is 4.44. The molecule has 0 saturated heterocycles. The van der Waals surface area contributed by atoms with Gasteiger partial charge in [-0.25, -0.2) is 0 Å². The van der Waals surface area contributed by atoms with Crippen molar-refractivity contribution in [1.29, 1.82) is 0 Å². The lowest BCUT2D eigenvalue weighted by Crippen LogP contribution is -1.87. The molecule has 1 aromatic rings. The first-order chi connectivity index (χ1) is 6.35. The lowest BCUT2D eigenvalue weighted by atomic mass is 10.1. The molecule has 1 aliphatic carbocycles. The Morgan fingerprint density at radius 2 is 2.38 bits per heavy atom. The highest BCUT2D eigenvalue weighted by Crippen LogP contribution is 2.46. The molecule has 0 N–H and O–H groups in total. The third kappa shape index (κ3) is 1.57. The van der Waals surface area contributed by atoms with Crippen LogP contribution in [0.2, 0.25) is 0 Å². The molecule has 0 heterocycles. The molecule has 13 heavy (non-hydrogen) atoms. The Bertz CT molecular complexity index is 320. The van der Waals surface area contributed by atoms with Gasteiger partial charge < -0.3 is 9.53 Å². The Morgan fingerprint density at radius 1 is 1.54 bits per heavy atom. The third-order valence-corrected chi connectivity index (χ3v) is 2.54. The molecule has 1 saturated carbocycles. The van der Waals surface area contributed by atoms with Crippen LogP contribution in [0.4, 0.5) is 0 Å². The number of ether oxygens (including phenoxy) is 1. The molecule has 1 aromatic carbocycles. The Balaban J connectivity index is 2.17. The molecule has 0 spiro atoms. The van der Waals surface area contributed by atoms with Crippen LogP contribution in [0, 0.1) is 5.92 Å². The van der Waals surface area contributed by atoms with Crippen LogP contribution in [0.5, 0.6) is 5.75 Å². The molecule has 0 unspecified atom stereocenters. The second-order valence-electron chi connectivity index (χ2n) is 3.42. The predicted octanol–water partition coefficient (Wildman–Crippen LogP) is 2.00. The summed E-state index contributed by atoms with van der Waals surface area (Å²) in [5.74, 6) is 1.55. The van der Waals surface area contributed by atoms with Gasteiger partial charge in [0.15, 0.2) is 0 Å². The van der Waals surface area contributed by atoms with E-state index in [9.17, 15) is 4.79 Å². The van der Waals surface area contributed by atoms with Gasteiger partial charge >= 0.3 is 0 Å². The van der Waals surface area contributed by atoms with Crippen molar-refractivity contribution in [3.8, 4) is 5.75 Å². The molecule has 2 rings (SSSR count). The highest BCUT2D eigenvalue weighted by atomic mass is 16.5. The Kier molecular flexibility index (Phi) is 2.05. The molecule has 2 nitrogen and oxygen atoms in total. The van der Waals surface area contributed by atoms with E-state index in [1.54, 1.807) is 7.11 Å². The maximum absolute atomic E-state index is 10.5. The lowest BCUT2D eigenvalue weighted by molar-refractivity contribution is -0.108. The summed E-state index contributed by atoms with van der Waals surface area (Å²) >= 11 is 0. The van der Waals surface area contributed by atoms with Gasteiger partial charge in [-0.15, -0.1) is 0 Å². The van der Waals surface area contributed by atoms with Crippen LogP contribution in [0.1, 0.15) is 17.9 Å². The Labute approximate surface area is 77.5 Å². The van der Waals surface area contributed by atoms with Crippen molar-refractivity contribution >= 4 is 6.29 Å². The monoisotopic (exact) mass is 176 g/mol. The minimum atomic E-state index is 0.243. The minimum Gasteiger partial charge on any atom is -0.497 e. The van der Waals surface area contributed by atoms with Gasteiger partial charge in [0.25, 0.3) is 0 Å². The Morgan fingerprint density at radius 3 is 3.00 bits per heavy atom. The molecule has 0 aromatic heterocycles. The maximum atomic E-state index is 10.5. The van der Waals surface area contributed by atoms with E-state index in [2.05, 4.69) is 6.07 Å². The summed E-state index contributed by atoms with van der Waals surface area (Å²) in [5, 5.41) is 0. The van der Waals surface area contributed by atoms with Crippen molar-refractivity contribution < 1.29 is 9.53 Å². The van der Waals surface area contributed by atoms with E-state index in [1.807, 2.05) is 18.2 Å². The van der Waals surface area contributed by atoms with Gasteiger partial charge in [-0.05, 0) is 30.0 Å². The molecular weight excluding hydrogens is 164 g/mol. The van der Waals surface area contributed by atoms with Gasteiger partial charge in [0.1, 0.15) is 12.0 Å². The second kappa shape index (κ2) is 3.21. The molecule has 2 heteroatoms. The van der Waals surface area contributed by atoms with Gasteiger partial charge in [-0.3, -0.25) is 0 Å². The van der Waals surface area contributed by atoms with E-state index in [-0.39, 0.29) is 5.92 Å². The van der Waals surface area contributed by atoms with E-state index in [4.69, 9.17) is 4.74 Å². The summed E-state index contributed by atoms with van der Waals surface area (Å²) < 4.78 is 5.11. The number of rotatable bonds is 3. The van der Waals surface area contributed by atoms with Gasteiger partial charge in [0.05, 0.1) is 7.11 Å². The zero-order valence-electron chi connectivity index (χ0n) is 7.57. The van der Waals surface area contributed by atoms with E-state index >= 15 is 0 Å². The number of hydrogen-bond donors (Lipinski definition) is 0. The summed E-state index contributed by atoms with van der Waals surface area (Å²) in [6, 6.07) is 7.95. The number of methoxy groups -OCH3 is 1. The fraction of sp³-hybridized carbons (Fsp3) is 0.364. The van der Waals surface area contributed by atoms with E-state index in [0.29, 0.717) is 5.92 Å². The summed E-state index contributed by atoms with van der Waals surface area (Å²) in [5.41, 5.74) is 1.22. The highest BCUT2D eigenvalue weighted by molar-refractivity contribution is 5.61. The van der Waals surface area contributed by atoms with E-state index in [1.165, 1.54) is 5.56 Å².